The van der Waals surface area contributed by atoms with Crippen LogP contribution in [0.4, 0.5) is 0 Å². The van der Waals surface area contributed by atoms with E-state index >= 15 is 0 Å². The van der Waals surface area contributed by atoms with E-state index < -0.39 is 0 Å². The molecule has 2 nitrogen and oxygen atoms in total. The predicted octanol–water partition coefficient (Wildman–Crippen LogP) is 0.272. The molecule has 0 atom stereocenters. The molecule has 0 aromatic rings. The zero-order valence-corrected chi connectivity index (χ0v) is 5.92. The molecule has 0 aliphatic heterocycles. The third-order valence-electron chi connectivity index (χ3n) is 0.798. The summed E-state index contributed by atoms with van der Waals surface area (Å²) in [5, 5.41) is 3.11. The van der Waals surface area contributed by atoms with Crippen LogP contribution in [0.2, 0.25) is 0 Å². The summed E-state index contributed by atoms with van der Waals surface area (Å²) in [6.07, 6.45) is 0.809. The van der Waals surface area contributed by atoms with Crippen LogP contribution in [-0.4, -0.2) is 18.1 Å². The molecule has 0 bridgehead atoms. The minimum absolute atomic E-state index is 0.589. The summed E-state index contributed by atoms with van der Waals surface area (Å²) in [4.78, 5) is 0.589. The van der Waals surface area contributed by atoms with Crippen LogP contribution in [0.15, 0.2) is 0 Å². The van der Waals surface area contributed by atoms with Crippen molar-refractivity contribution in [2.24, 2.45) is 5.73 Å². The van der Waals surface area contributed by atoms with E-state index in [1.54, 1.807) is 0 Å². The van der Waals surface area contributed by atoms with Crippen LogP contribution in [0.1, 0.15) is 13.3 Å². The van der Waals surface area contributed by atoms with Gasteiger partial charge in [-0.25, -0.2) is 0 Å². The number of nitrogens with two attached hydrogens (primary N) is 1. The number of thiocarbonyl (C=S) groups is 1. The van der Waals surface area contributed by atoms with E-state index in [0.29, 0.717) is 4.99 Å². The largest absolute Gasteiger partial charge is 0.393 e. The maximum absolute atomic E-state index is 5.22. The Balaban J connectivity index is 2.82. The van der Waals surface area contributed by atoms with Gasteiger partial charge in [-0.2, -0.15) is 0 Å². The molecule has 3 heteroatoms. The Morgan fingerprint density at radius 2 is 2.38 bits per heavy atom. The Kier molecular flexibility index (Phi) is 4.90. The van der Waals surface area contributed by atoms with Crippen molar-refractivity contribution in [2.75, 3.05) is 13.1 Å². The summed E-state index contributed by atoms with van der Waals surface area (Å²) in [7, 11) is 0. The second-order valence-electron chi connectivity index (χ2n) is 1.57. The van der Waals surface area contributed by atoms with Gasteiger partial charge < -0.3 is 11.1 Å². The Hall–Kier alpha value is -0.150. The van der Waals surface area contributed by atoms with Crippen molar-refractivity contribution in [3.05, 3.63) is 0 Å². The smallest absolute Gasteiger partial charge is 0.0740 e. The molecular weight excluding hydrogens is 120 g/mol. The molecule has 0 fully saturated rings. The van der Waals surface area contributed by atoms with Crippen LogP contribution in [0.25, 0.3) is 0 Å². The fraction of sp³-hybridized carbons (Fsp3) is 0.800. The van der Waals surface area contributed by atoms with Gasteiger partial charge in [0.25, 0.3) is 0 Å². The van der Waals surface area contributed by atoms with Gasteiger partial charge in [0.15, 0.2) is 0 Å². The fourth-order valence-electron chi connectivity index (χ4n) is 0.388. The van der Waals surface area contributed by atoms with E-state index in [1.165, 1.54) is 0 Å². The second-order valence-corrected chi connectivity index (χ2v) is 2.09. The maximum atomic E-state index is 5.22. The van der Waals surface area contributed by atoms with Crippen molar-refractivity contribution in [2.45, 2.75) is 13.3 Å². The van der Waals surface area contributed by atoms with Crippen LogP contribution in [0.3, 0.4) is 0 Å². The minimum atomic E-state index is 0.589. The van der Waals surface area contributed by atoms with Crippen molar-refractivity contribution < 1.29 is 0 Å². The summed E-state index contributed by atoms with van der Waals surface area (Å²) in [6, 6.07) is 0. The normalized spacial score (nSPS) is 9.12. The summed E-state index contributed by atoms with van der Waals surface area (Å²) in [5.74, 6) is 0. The average Bonchev–Trinajstić information content (AvgIpc) is 1.66. The highest BCUT2D eigenvalue weighted by atomic mass is 32.1. The molecule has 0 aromatic carbocycles. The standard InChI is InChI=1S/C5H12N2S/c1-2-7-4-3-5(6)8/h7H,2-4H2,1H3,(H2,6,8). The second kappa shape index (κ2) is 5.00. The van der Waals surface area contributed by atoms with E-state index in [0.717, 1.165) is 19.5 Å². The summed E-state index contributed by atoms with van der Waals surface area (Å²) in [6.45, 7) is 3.95. The number of hydrogen-bond donors (Lipinski definition) is 2. The topological polar surface area (TPSA) is 38.0 Å². The van der Waals surface area contributed by atoms with Gasteiger partial charge in [-0.05, 0) is 6.54 Å². The third-order valence-corrected chi connectivity index (χ3v) is 1.00. The Labute approximate surface area is 55.4 Å². The molecule has 0 saturated heterocycles. The number of nitrogens with one attached hydrogen (secondary N) is 1. The SMILES string of the molecule is CCNCCC(N)=S. The zero-order valence-electron chi connectivity index (χ0n) is 5.11. The van der Waals surface area contributed by atoms with E-state index in [4.69, 9.17) is 5.73 Å². The summed E-state index contributed by atoms with van der Waals surface area (Å²) < 4.78 is 0. The summed E-state index contributed by atoms with van der Waals surface area (Å²) in [5.41, 5.74) is 5.22. The summed E-state index contributed by atoms with van der Waals surface area (Å²) >= 11 is 4.65. The van der Waals surface area contributed by atoms with Gasteiger partial charge in [-0.1, -0.05) is 19.1 Å². The van der Waals surface area contributed by atoms with E-state index in [9.17, 15) is 0 Å². The van der Waals surface area contributed by atoms with Gasteiger partial charge in [0.2, 0.25) is 0 Å². The van der Waals surface area contributed by atoms with Crippen LogP contribution in [0, 0.1) is 0 Å². The van der Waals surface area contributed by atoms with Crippen molar-refractivity contribution in [1.29, 1.82) is 0 Å². The molecule has 0 rings (SSSR count). The monoisotopic (exact) mass is 132 g/mol. The van der Waals surface area contributed by atoms with Gasteiger partial charge in [0, 0.05) is 13.0 Å². The Bertz CT molecular complexity index is 72.8. The molecule has 0 spiro atoms. The molecule has 0 amide bonds. The van der Waals surface area contributed by atoms with Gasteiger partial charge in [-0.3, -0.25) is 0 Å². The first kappa shape index (κ1) is 7.85. The van der Waals surface area contributed by atoms with Crippen LogP contribution in [0.5, 0.6) is 0 Å². The lowest BCUT2D eigenvalue weighted by Crippen LogP contribution is -2.20. The zero-order chi connectivity index (χ0) is 6.41. The number of rotatable bonds is 4. The lowest BCUT2D eigenvalue weighted by molar-refractivity contribution is 0.738. The molecule has 0 radical (unpaired) electrons. The molecule has 3 N–H and O–H groups in total. The van der Waals surface area contributed by atoms with Crippen LogP contribution < -0.4 is 11.1 Å². The molecule has 0 aliphatic carbocycles. The molecule has 48 valence electrons. The lowest BCUT2D eigenvalue weighted by Gasteiger charge is -1.96. The molecule has 8 heavy (non-hydrogen) atoms. The maximum Gasteiger partial charge on any atom is 0.0740 e. The first-order valence-electron chi connectivity index (χ1n) is 2.76. The number of hydrogen-bond acceptors (Lipinski definition) is 2. The first-order valence-corrected chi connectivity index (χ1v) is 3.17. The molecule has 0 unspecified atom stereocenters. The highest BCUT2D eigenvalue weighted by Gasteiger charge is 1.85. The quantitative estimate of drug-likeness (QED) is 0.426. The molecule has 0 aromatic heterocycles. The van der Waals surface area contributed by atoms with Gasteiger partial charge in [0.1, 0.15) is 0 Å². The van der Waals surface area contributed by atoms with E-state index in [-0.39, 0.29) is 0 Å². The average molecular weight is 132 g/mol. The molecule has 0 saturated carbocycles. The third kappa shape index (κ3) is 5.85. The van der Waals surface area contributed by atoms with Crippen molar-refractivity contribution >= 4 is 17.2 Å². The van der Waals surface area contributed by atoms with Gasteiger partial charge in [-0.15, -0.1) is 0 Å². The Morgan fingerprint density at radius 1 is 1.75 bits per heavy atom. The van der Waals surface area contributed by atoms with Crippen LogP contribution in [-0.2, 0) is 0 Å². The van der Waals surface area contributed by atoms with Crippen LogP contribution >= 0.6 is 12.2 Å². The minimum Gasteiger partial charge on any atom is -0.393 e. The van der Waals surface area contributed by atoms with E-state index in [1.807, 2.05) is 0 Å². The lowest BCUT2D eigenvalue weighted by atomic mass is 10.4. The van der Waals surface area contributed by atoms with Gasteiger partial charge >= 0.3 is 0 Å². The first-order chi connectivity index (χ1) is 3.77. The highest BCUT2D eigenvalue weighted by molar-refractivity contribution is 7.80. The molecular formula is C5H12N2S. The van der Waals surface area contributed by atoms with E-state index in [2.05, 4.69) is 24.5 Å². The van der Waals surface area contributed by atoms with Crippen molar-refractivity contribution in [3.63, 3.8) is 0 Å². The Morgan fingerprint density at radius 3 is 2.75 bits per heavy atom. The van der Waals surface area contributed by atoms with Crippen molar-refractivity contribution in [3.8, 4) is 0 Å². The highest BCUT2D eigenvalue weighted by Crippen LogP contribution is 1.74. The molecule has 0 aliphatic rings. The van der Waals surface area contributed by atoms with Crippen molar-refractivity contribution in [1.82, 2.24) is 5.32 Å². The fourth-order valence-corrected chi connectivity index (χ4v) is 0.490. The molecule has 0 heterocycles. The predicted molar refractivity (Wildman–Crippen MR) is 39.9 cm³/mol. The van der Waals surface area contributed by atoms with Gasteiger partial charge in [0.05, 0.1) is 4.99 Å².